The summed E-state index contributed by atoms with van der Waals surface area (Å²) in [5.74, 6) is 2.59. The molecular formula is C21H25N5O2. The lowest BCUT2D eigenvalue weighted by atomic mass is 10.1. The van der Waals surface area contributed by atoms with Gasteiger partial charge in [0.2, 0.25) is 5.95 Å². The molecule has 0 atom stereocenters. The zero-order valence-corrected chi connectivity index (χ0v) is 16.4. The molecule has 0 amide bonds. The largest absolute Gasteiger partial charge is 0.493 e. The molecule has 0 aliphatic carbocycles. The number of nitrogens with zero attached hydrogens (tertiary/aromatic N) is 3. The number of rotatable bonds is 9. The Balaban J connectivity index is 1.61. The zero-order valence-electron chi connectivity index (χ0n) is 16.4. The summed E-state index contributed by atoms with van der Waals surface area (Å²) in [6, 6.07) is 14.0. The van der Waals surface area contributed by atoms with Gasteiger partial charge in [0.15, 0.2) is 17.3 Å². The minimum absolute atomic E-state index is 0.469. The average molecular weight is 379 g/mol. The van der Waals surface area contributed by atoms with E-state index in [2.05, 4.69) is 38.8 Å². The van der Waals surface area contributed by atoms with E-state index in [1.54, 1.807) is 20.4 Å². The number of para-hydroxylation sites is 1. The summed E-state index contributed by atoms with van der Waals surface area (Å²) in [7, 11) is 3.27. The van der Waals surface area contributed by atoms with E-state index in [9.17, 15) is 0 Å². The van der Waals surface area contributed by atoms with E-state index in [4.69, 9.17) is 9.47 Å². The third-order valence-electron chi connectivity index (χ3n) is 4.37. The standard InChI is InChI=1S/C21H25N5O2/c1-4-16-7-5-6-8-17(16)24-21-25-20(14-23-26-21)22-12-11-15-9-10-18(27-2)19(13-15)28-3/h5-10,13-14H,4,11-12H2,1-3H3,(H2,22,24,25,26). The smallest absolute Gasteiger partial charge is 0.249 e. The molecule has 1 aromatic heterocycles. The van der Waals surface area contributed by atoms with Gasteiger partial charge >= 0.3 is 0 Å². The number of anilines is 3. The van der Waals surface area contributed by atoms with Crippen LogP contribution >= 0.6 is 0 Å². The van der Waals surface area contributed by atoms with E-state index in [1.807, 2.05) is 36.4 Å². The molecular weight excluding hydrogens is 354 g/mol. The summed E-state index contributed by atoms with van der Waals surface area (Å²) in [5, 5.41) is 14.6. The molecule has 0 bridgehead atoms. The molecule has 0 spiro atoms. The molecule has 0 fully saturated rings. The molecule has 0 saturated carbocycles. The number of ether oxygens (including phenoxy) is 2. The average Bonchev–Trinajstić information content (AvgIpc) is 2.74. The molecule has 0 aliphatic rings. The zero-order chi connectivity index (χ0) is 19.8. The van der Waals surface area contributed by atoms with E-state index >= 15 is 0 Å². The van der Waals surface area contributed by atoms with E-state index in [0.717, 1.165) is 35.6 Å². The molecule has 2 N–H and O–H groups in total. The van der Waals surface area contributed by atoms with E-state index in [0.29, 0.717) is 18.3 Å². The molecule has 3 aromatic rings. The summed E-state index contributed by atoms with van der Waals surface area (Å²) >= 11 is 0. The number of methoxy groups -OCH3 is 2. The third-order valence-corrected chi connectivity index (χ3v) is 4.37. The van der Waals surface area contributed by atoms with Gasteiger partial charge in [-0.3, -0.25) is 0 Å². The van der Waals surface area contributed by atoms with Crippen LogP contribution in [0.3, 0.4) is 0 Å². The molecule has 7 nitrogen and oxygen atoms in total. The summed E-state index contributed by atoms with van der Waals surface area (Å²) < 4.78 is 10.6. The van der Waals surface area contributed by atoms with Crippen molar-refractivity contribution in [2.24, 2.45) is 0 Å². The monoisotopic (exact) mass is 379 g/mol. The first kappa shape index (κ1) is 19.4. The van der Waals surface area contributed by atoms with Gasteiger partial charge in [-0.05, 0) is 42.2 Å². The summed E-state index contributed by atoms with van der Waals surface area (Å²) in [5.41, 5.74) is 3.34. The van der Waals surface area contributed by atoms with E-state index in [1.165, 1.54) is 5.56 Å². The quantitative estimate of drug-likeness (QED) is 0.584. The van der Waals surface area contributed by atoms with Gasteiger partial charge < -0.3 is 20.1 Å². The van der Waals surface area contributed by atoms with Gasteiger partial charge in [0.25, 0.3) is 0 Å². The van der Waals surface area contributed by atoms with Crippen molar-refractivity contribution in [3.63, 3.8) is 0 Å². The number of nitrogens with one attached hydrogen (secondary N) is 2. The van der Waals surface area contributed by atoms with Crippen molar-refractivity contribution >= 4 is 17.5 Å². The van der Waals surface area contributed by atoms with Crippen LogP contribution < -0.4 is 20.1 Å². The highest BCUT2D eigenvalue weighted by atomic mass is 16.5. The second-order valence-corrected chi connectivity index (χ2v) is 6.17. The molecule has 146 valence electrons. The number of aryl methyl sites for hydroxylation is 1. The van der Waals surface area contributed by atoms with Crippen molar-refractivity contribution in [3.8, 4) is 11.5 Å². The van der Waals surface area contributed by atoms with Crippen LogP contribution in [-0.2, 0) is 12.8 Å². The molecule has 0 radical (unpaired) electrons. The van der Waals surface area contributed by atoms with Gasteiger partial charge in [0.1, 0.15) is 0 Å². The van der Waals surface area contributed by atoms with Crippen LogP contribution in [0.5, 0.6) is 11.5 Å². The van der Waals surface area contributed by atoms with Crippen LogP contribution in [0.15, 0.2) is 48.7 Å². The maximum Gasteiger partial charge on any atom is 0.249 e. The predicted molar refractivity (Wildman–Crippen MR) is 111 cm³/mol. The number of hydrogen-bond acceptors (Lipinski definition) is 7. The van der Waals surface area contributed by atoms with Gasteiger partial charge in [-0.1, -0.05) is 31.2 Å². The highest BCUT2D eigenvalue weighted by Gasteiger charge is 2.06. The van der Waals surface area contributed by atoms with Crippen LogP contribution in [0, 0.1) is 0 Å². The first-order valence-corrected chi connectivity index (χ1v) is 9.23. The van der Waals surface area contributed by atoms with Gasteiger partial charge in [-0.25, -0.2) is 0 Å². The third kappa shape index (κ3) is 4.88. The topological polar surface area (TPSA) is 81.2 Å². The highest BCUT2D eigenvalue weighted by Crippen LogP contribution is 2.27. The fourth-order valence-corrected chi connectivity index (χ4v) is 2.88. The second-order valence-electron chi connectivity index (χ2n) is 6.17. The molecule has 2 aromatic carbocycles. The molecule has 0 saturated heterocycles. The Labute approximate surface area is 165 Å². The Morgan fingerprint density at radius 1 is 1.00 bits per heavy atom. The fourth-order valence-electron chi connectivity index (χ4n) is 2.88. The molecule has 0 unspecified atom stereocenters. The number of aromatic nitrogens is 3. The normalized spacial score (nSPS) is 10.4. The molecule has 7 heteroatoms. The second kappa shape index (κ2) is 9.55. The van der Waals surface area contributed by atoms with Gasteiger partial charge in [-0.15, -0.1) is 5.10 Å². The van der Waals surface area contributed by atoms with Gasteiger partial charge in [-0.2, -0.15) is 10.1 Å². The van der Waals surface area contributed by atoms with E-state index < -0.39 is 0 Å². The Kier molecular flexibility index (Phi) is 6.62. The molecule has 0 aliphatic heterocycles. The van der Waals surface area contributed by atoms with E-state index in [-0.39, 0.29) is 0 Å². The van der Waals surface area contributed by atoms with Crippen molar-refractivity contribution in [3.05, 3.63) is 59.8 Å². The first-order valence-electron chi connectivity index (χ1n) is 9.23. The predicted octanol–water partition coefficient (Wildman–Crippen LogP) is 3.85. The van der Waals surface area contributed by atoms with Crippen molar-refractivity contribution < 1.29 is 9.47 Å². The maximum absolute atomic E-state index is 5.35. The highest BCUT2D eigenvalue weighted by molar-refractivity contribution is 5.59. The van der Waals surface area contributed by atoms with Crippen LogP contribution in [-0.4, -0.2) is 35.9 Å². The summed E-state index contributed by atoms with van der Waals surface area (Å²) in [6.45, 7) is 2.82. The van der Waals surface area contributed by atoms with Crippen LogP contribution in [0.1, 0.15) is 18.1 Å². The lowest BCUT2D eigenvalue weighted by Crippen LogP contribution is -2.09. The Bertz CT molecular complexity index is 917. The van der Waals surface area contributed by atoms with Crippen molar-refractivity contribution in [2.75, 3.05) is 31.4 Å². The lowest BCUT2D eigenvalue weighted by molar-refractivity contribution is 0.354. The van der Waals surface area contributed by atoms with Crippen LogP contribution in [0.2, 0.25) is 0 Å². The van der Waals surface area contributed by atoms with Crippen LogP contribution in [0.4, 0.5) is 17.5 Å². The SMILES string of the molecule is CCc1ccccc1Nc1nncc(NCCc2ccc(OC)c(OC)c2)n1. The minimum atomic E-state index is 0.469. The fraction of sp³-hybridized carbons (Fsp3) is 0.286. The van der Waals surface area contributed by atoms with Gasteiger partial charge in [0, 0.05) is 12.2 Å². The summed E-state index contributed by atoms with van der Waals surface area (Å²) in [4.78, 5) is 4.50. The van der Waals surface area contributed by atoms with Crippen molar-refractivity contribution in [1.82, 2.24) is 15.2 Å². The molecule has 1 heterocycles. The Morgan fingerprint density at radius 3 is 2.61 bits per heavy atom. The maximum atomic E-state index is 5.35. The Morgan fingerprint density at radius 2 is 1.82 bits per heavy atom. The molecule has 3 rings (SSSR count). The summed E-state index contributed by atoms with van der Waals surface area (Å²) in [6.07, 6.45) is 3.36. The van der Waals surface area contributed by atoms with Gasteiger partial charge in [0.05, 0.1) is 20.4 Å². The minimum Gasteiger partial charge on any atom is -0.493 e. The van der Waals surface area contributed by atoms with Crippen molar-refractivity contribution in [2.45, 2.75) is 19.8 Å². The number of benzene rings is 2. The Hall–Kier alpha value is -3.35. The van der Waals surface area contributed by atoms with Crippen molar-refractivity contribution in [1.29, 1.82) is 0 Å². The molecule has 28 heavy (non-hydrogen) atoms. The number of hydrogen-bond donors (Lipinski definition) is 2. The van der Waals surface area contributed by atoms with Crippen LogP contribution in [0.25, 0.3) is 0 Å². The lowest BCUT2D eigenvalue weighted by Gasteiger charge is -2.11. The first-order chi connectivity index (χ1) is 13.7.